The highest BCUT2D eigenvalue weighted by atomic mass is 35.5. The summed E-state index contributed by atoms with van der Waals surface area (Å²) in [6, 6.07) is 12.5. The van der Waals surface area contributed by atoms with Crippen LogP contribution in [0.15, 0.2) is 42.5 Å². The zero-order chi connectivity index (χ0) is 14.1. The number of ether oxygens (including phenoxy) is 2. The summed E-state index contributed by atoms with van der Waals surface area (Å²) in [5.74, 6) is 1.29. The first-order valence-electron chi connectivity index (χ1n) is 6.17. The van der Waals surface area contributed by atoms with Gasteiger partial charge in [0.1, 0.15) is 12.7 Å². The number of fused-ring (bicyclic) bond motifs is 1. The average molecular weight is 311 g/mol. The lowest BCUT2D eigenvalue weighted by atomic mass is 10.0. The van der Waals surface area contributed by atoms with E-state index in [1.165, 1.54) is 0 Å². The summed E-state index contributed by atoms with van der Waals surface area (Å²) in [4.78, 5) is 0. The van der Waals surface area contributed by atoms with Gasteiger partial charge in [-0.1, -0.05) is 47.5 Å². The number of aliphatic hydroxyl groups is 1. The third-order valence-corrected chi connectivity index (χ3v) is 4.02. The van der Waals surface area contributed by atoms with Gasteiger partial charge >= 0.3 is 0 Å². The quantitative estimate of drug-likeness (QED) is 0.915. The van der Waals surface area contributed by atoms with E-state index >= 15 is 0 Å². The van der Waals surface area contributed by atoms with E-state index in [0.29, 0.717) is 27.1 Å². The molecular weight excluding hydrogens is 299 g/mol. The van der Waals surface area contributed by atoms with Crippen LogP contribution in [0.2, 0.25) is 10.0 Å². The summed E-state index contributed by atoms with van der Waals surface area (Å²) in [6.45, 7) is 0.251. The van der Waals surface area contributed by atoms with Gasteiger partial charge in [0, 0.05) is 5.56 Å². The number of halogens is 2. The molecule has 1 heterocycles. The Morgan fingerprint density at radius 1 is 1.05 bits per heavy atom. The van der Waals surface area contributed by atoms with Crippen molar-refractivity contribution >= 4 is 23.2 Å². The van der Waals surface area contributed by atoms with E-state index in [2.05, 4.69) is 0 Å². The maximum Gasteiger partial charge on any atom is 0.163 e. The second-order valence-electron chi connectivity index (χ2n) is 4.50. The third kappa shape index (κ3) is 2.44. The molecule has 0 saturated carbocycles. The van der Waals surface area contributed by atoms with Crippen molar-refractivity contribution in [3.05, 3.63) is 58.1 Å². The van der Waals surface area contributed by atoms with Gasteiger partial charge in [-0.15, -0.1) is 0 Å². The first kappa shape index (κ1) is 13.6. The maximum atomic E-state index is 10.4. The van der Waals surface area contributed by atoms with Gasteiger partial charge in [-0.25, -0.2) is 0 Å². The van der Waals surface area contributed by atoms with Crippen molar-refractivity contribution in [1.29, 1.82) is 0 Å². The molecule has 1 aliphatic heterocycles. The van der Waals surface area contributed by atoms with Crippen molar-refractivity contribution in [2.45, 2.75) is 12.2 Å². The van der Waals surface area contributed by atoms with Gasteiger partial charge in [-0.3, -0.25) is 0 Å². The van der Waals surface area contributed by atoms with Gasteiger partial charge in [-0.2, -0.15) is 0 Å². The molecule has 0 aliphatic carbocycles. The van der Waals surface area contributed by atoms with Crippen molar-refractivity contribution in [2.75, 3.05) is 6.61 Å². The molecule has 2 aromatic carbocycles. The molecule has 104 valence electrons. The van der Waals surface area contributed by atoms with Crippen LogP contribution in [0, 0.1) is 0 Å². The molecule has 3 rings (SSSR count). The highest BCUT2D eigenvalue weighted by Crippen LogP contribution is 2.37. The van der Waals surface area contributed by atoms with Gasteiger partial charge in [0.15, 0.2) is 17.6 Å². The van der Waals surface area contributed by atoms with Crippen LogP contribution in [0.25, 0.3) is 0 Å². The lowest BCUT2D eigenvalue weighted by molar-refractivity contribution is -0.0112. The highest BCUT2D eigenvalue weighted by molar-refractivity contribution is 6.42. The molecule has 0 saturated heterocycles. The Hall–Kier alpha value is -1.42. The molecule has 2 aromatic rings. The molecule has 2 unspecified atom stereocenters. The van der Waals surface area contributed by atoms with E-state index < -0.39 is 12.2 Å². The van der Waals surface area contributed by atoms with Gasteiger partial charge in [-0.05, 0) is 18.2 Å². The summed E-state index contributed by atoms with van der Waals surface area (Å²) in [6.07, 6.45) is -1.43. The van der Waals surface area contributed by atoms with E-state index in [9.17, 15) is 5.11 Å². The second kappa shape index (κ2) is 5.52. The van der Waals surface area contributed by atoms with E-state index in [-0.39, 0.29) is 6.61 Å². The first-order valence-corrected chi connectivity index (χ1v) is 6.93. The summed E-state index contributed by atoms with van der Waals surface area (Å²) in [7, 11) is 0. The Labute approximate surface area is 126 Å². The third-order valence-electron chi connectivity index (χ3n) is 3.18. The number of hydrogen-bond donors (Lipinski definition) is 1. The smallest absolute Gasteiger partial charge is 0.163 e. The standard InChI is InChI=1S/C15H12Cl2O3/c16-10-5-3-4-9(14(10)17)15(18)13-8-19-11-6-1-2-7-12(11)20-13/h1-7,13,15,18H,8H2. The molecule has 3 nitrogen and oxygen atoms in total. The normalized spacial score (nSPS) is 18.6. The number of aliphatic hydroxyl groups excluding tert-OH is 1. The largest absolute Gasteiger partial charge is 0.486 e. The SMILES string of the molecule is OC(c1cccc(Cl)c1Cl)C1COc2ccccc2O1. The Bertz CT molecular complexity index is 630. The molecule has 20 heavy (non-hydrogen) atoms. The fourth-order valence-electron chi connectivity index (χ4n) is 2.14. The maximum absolute atomic E-state index is 10.4. The molecule has 0 bridgehead atoms. The average Bonchev–Trinajstić information content (AvgIpc) is 2.49. The zero-order valence-corrected chi connectivity index (χ0v) is 11.9. The van der Waals surface area contributed by atoms with Crippen LogP contribution in [0.3, 0.4) is 0 Å². The van der Waals surface area contributed by atoms with Crippen LogP contribution in [-0.4, -0.2) is 17.8 Å². The van der Waals surface area contributed by atoms with E-state index in [1.807, 2.05) is 18.2 Å². The minimum absolute atomic E-state index is 0.251. The summed E-state index contributed by atoms with van der Waals surface area (Å²) >= 11 is 12.1. The van der Waals surface area contributed by atoms with Crippen LogP contribution < -0.4 is 9.47 Å². The molecule has 5 heteroatoms. The number of rotatable bonds is 2. The first-order chi connectivity index (χ1) is 9.66. The number of para-hydroxylation sites is 2. The summed E-state index contributed by atoms with van der Waals surface area (Å²) in [5.41, 5.74) is 0.534. The van der Waals surface area contributed by atoms with Gasteiger partial charge in [0.05, 0.1) is 10.0 Å². The summed E-state index contributed by atoms with van der Waals surface area (Å²) in [5, 5.41) is 11.2. The Morgan fingerprint density at radius 3 is 2.60 bits per heavy atom. The van der Waals surface area contributed by atoms with Crippen molar-refractivity contribution in [3.8, 4) is 11.5 Å². The van der Waals surface area contributed by atoms with Crippen molar-refractivity contribution in [1.82, 2.24) is 0 Å². The molecule has 1 aliphatic rings. The lowest BCUT2D eigenvalue weighted by Gasteiger charge is -2.30. The number of benzene rings is 2. The van der Waals surface area contributed by atoms with Gasteiger partial charge < -0.3 is 14.6 Å². The molecule has 2 atom stereocenters. The summed E-state index contributed by atoms with van der Waals surface area (Å²) < 4.78 is 11.4. The van der Waals surface area contributed by atoms with E-state index in [1.54, 1.807) is 24.3 Å². The van der Waals surface area contributed by atoms with E-state index in [4.69, 9.17) is 32.7 Å². The van der Waals surface area contributed by atoms with Crippen molar-refractivity contribution < 1.29 is 14.6 Å². The molecule has 1 N–H and O–H groups in total. The molecular formula is C15H12Cl2O3. The monoisotopic (exact) mass is 310 g/mol. The minimum Gasteiger partial charge on any atom is -0.486 e. The van der Waals surface area contributed by atoms with E-state index in [0.717, 1.165) is 0 Å². The lowest BCUT2D eigenvalue weighted by Crippen LogP contribution is -2.35. The van der Waals surface area contributed by atoms with Crippen LogP contribution in [0.5, 0.6) is 11.5 Å². The predicted molar refractivity (Wildman–Crippen MR) is 77.8 cm³/mol. The Balaban J connectivity index is 1.86. The molecule has 0 aromatic heterocycles. The zero-order valence-electron chi connectivity index (χ0n) is 10.4. The highest BCUT2D eigenvalue weighted by Gasteiger charge is 2.30. The second-order valence-corrected chi connectivity index (χ2v) is 5.29. The fraction of sp³-hybridized carbons (Fsp3) is 0.200. The van der Waals surface area contributed by atoms with Crippen LogP contribution in [-0.2, 0) is 0 Å². The molecule has 0 amide bonds. The molecule has 0 fully saturated rings. The van der Waals surface area contributed by atoms with Crippen LogP contribution in [0.4, 0.5) is 0 Å². The number of hydrogen-bond acceptors (Lipinski definition) is 3. The van der Waals surface area contributed by atoms with Gasteiger partial charge in [0.2, 0.25) is 0 Å². The van der Waals surface area contributed by atoms with Gasteiger partial charge in [0.25, 0.3) is 0 Å². The molecule has 0 radical (unpaired) electrons. The fourth-order valence-corrected chi connectivity index (χ4v) is 2.56. The van der Waals surface area contributed by atoms with Crippen LogP contribution >= 0.6 is 23.2 Å². The Morgan fingerprint density at radius 2 is 1.80 bits per heavy atom. The van der Waals surface area contributed by atoms with Crippen LogP contribution in [0.1, 0.15) is 11.7 Å². The molecule has 0 spiro atoms. The van der Waals surface area contributed by atoms with Crippen molar-refractivity contribution in [3.63, 3.8) is 0 Å². The van der Waals surface area contributed by atoms with Crippen molar-refractivity contribution in [2.24, 2.45) is 0 Å². The Kier molecular flexibility index (Phi) is 3.74. The predicted octanol–water partition coefficient (Wildman–Crippen LogP) is 3.87. The minimum atomic E-state index is -0.908. The topological polar surface area (TPSA) is 38.7 Å².